The van der Waals surface area contributed by atoms with E-state index in [9.17, 15) is 4.79 Å². The van der Waals surface area contributed by atoms with Gasteiger partial charge in [0.1, 0.15) is 0 Å². The van der Waals surface area contributed by atoms with Crippen molar-refractivity contribution in [2.75, 3.05) is 33.0 Å². The lowest BCUT2D eigenvalue weighted by Crippen LogP contribution is -2.44. The van der Waals surface area contributed by atoms with E-state index in [4.69, 9.17) is 23.4 Å². The van der Waals surface area contributed by atoms with Crippen LogP contribution in [0, 0.1) is 0 Å². The van der Waals surface area contributed by atoms with Crippen molar-refractivity contribution < 1.29 is 28.1 Å². The van der Waals surface area contributed by atoms with Gasteiger partial charge < -0.3 is 23.4 Å². The van der Waals surface area contributed by atoms with Crippen LogP contribution in [0.15, 0.2) is 10.9 Å². The highest BCUT2D eigenvalue weighted by Gasteiger charge is 2.41. The van der Waals surface area contributed by atoms with Crippen LogP contribution in [-0.2, 0) is 28.1 Å². The number of hydrogen-bond donors (Lipinski definition) is 0. The Kier molecular flexibility index (Phi) is 6.09. The summed E-state index contributed by atoms with van der Waals surface area (Å²) in [7, 11) is -1.20. The topological polar surface area (TPSA) is 63.2 Å². The molecule has 0 saturated carbocycles. The van der Waals surface area contributed by atoms with E-state index in [0.717, 1.165) is 12.8 Å². The fraction of sp³-hybridized carbons (Fsp3) is 0.750. The van der Waals surface area contributed by atoms with Gasteiger partial charge >= 0.3 is 20.2 Å². The molecule has 110 valence electrons. The van der Waals surface area contributed by atoms with Crippen LogP contribution in [0.25, 0.3) is 0 Å². The maximum Gasteiger partial charge on any atom is 0.486 e. The van der Waals surface area contributed by atoms with Crippen LogP contribution in [0.4, 0.5) is 0 Å². The summed E-state index contributed by atoms with van der Waals surface area (Å²) in [5.41, 5.74) is 0.436. The second-order valence-electron chi connectivity index (χ2n) is 4.65. The molecule has 0 bridgehead atoms. The summed E-state index contributed by atoms with van der Waals surface area (Å²) in [6, 6.07) is 0. The number of ether oxygens (including phenoxy) is 1. The summed E-state index contributed by atoms with van der Waals surface area (Å²) >= 11 is 0. The summed E-state index contributed by atoms with van der Waals surface area (Å²) in [6.07, 6.45) is 1.68. The van der Waals surface area contributed by atoms with E-state index in [-0.39, 0.29) is 0 Å². The van der Waals surface area contributed by atoms with Gasteiger partial charge in [-0.25, -0.2) is 4.79 Å². The largest absolute Gasteiger partial charge is 0.486 e. The molecule has 2 saturated heterocycles. The van der Waals surface area contributed by atoms with Gasteiger partial charge in [-0.05, 0) is 26.7 Å². The highest BCUT2D eigenvalue weighted by molar-refractivity contribution is 6.78. The zero-order chi connectivity index (χ0) is 14.4. The first kappa shape index (κ1) is 15.6. The highest BCUT2D eigenvalue weighted by Crippen LogP contribution is 2.21. The number of carbonyl (C=O) groups is 1. The molecule has 2 rings (SSSR count). The fourth-order valence-electron chi connectivity index (χ4n) is 2.16. The van der Waals surface area contributed by atoms with Gasteiger partial charge in [-0.15, -0.1) is 0 Å². The van der Waals surface area contributed by atoms with Gasteiger partial charge in [0.2, 0.25) is 0 Å². The fourth-order valence-corrected chi connectivity index (χ4v) is 2.16. The predicted octanol–water partition coefficient (Wildman–Crippen LogP) is 0.795. The van der Waals surface area contributed by atoms with Crippen molar-refractivity contribution in [3.05, 3.63) is 10.9 Å². The SMILES string of the molecule is CCOC(=O)C(C)=C(B1OCCCO1)B1OCCCO1. The Balaban J connectivity index is 2.21. The van der Waals surface area contributed by atoms with E-state index in [1.54, 1.807) is 13.8 Å². The molecule has 0 unspecified atom stereocenters. The Morgan fingerprint density at radius 1 is 1.00 bits per heavy atom. The quantitative estimate of drug-likeness (QED) is 0.431. The third-order valence-corrected chi connectivity index (χ3v) is 3.18. The van der Waals surface area contributed by atoms with Gasteiger partial charge in [-0.2, -0.15) is 0 Å². The molecule has 0 aromatic heterocycles. The lowest BCUT2D eigenvalue weighted by Gasteiger charge is -2.28. The Hall–Kier alpha value is -0.820. The van der Waals surface area contributed by atoms with E-state index in [1.807, 2.05) is 0 Å². The van der Waals surface area contributed by atoms with Gasteiger partial charge in [0.05, 0.1) is 6.61 Å². The van der Waals surface area contributed by atoms with E-state index >= 15 is 0 Å². The third kappa shape index (κ3) is 3.85. The second kappa shape index (κ2) is 7.83. The molecular weight excluding hydrogens is 262 g/mol. The Bertz CT molecular complexity index is 341. The average molecular weight is 282 g/mol. The molecule has 0 spiro atoms. The van der Waals surface area contributed by atoms with Crippen molar-refractivity contribution in [2.24, 2.45) is 0 Å². The summed E-state index contributed by atoms with van der Waals surface area (Å²) in [6.45, 7) is 6.16. The van der Waals surface area contributed by atoms with E-state index in [2.05, 4.69) is 0 Å². The van der Waals surface area contributed by atoms with E-state index in [1.165, 1.54) is 0 Å². The summed E-state index contributed by atoms with van der Waals surface area (Å²) in [5, 5.41) is 0.586. The summed E-state index contributed by atoms with van der Waals surface area (Å²) < 4.78 is 27.4. The van der Waals surface area contributed by atoms with Crippen molar-refractivity contribution in [2.45, 2.75) is 26.7 Å². The van der Waals surface area contributed by atoms with Crippen LogP contribution < -0.4 is 0 Å². The molecule has 2 aliphatic heterocycles. The Labute approximate surface area is 120 Å². The zero-order valence-corrected chi connectivity index (χ0v) is 12.1. The Morgan fingerprint density at radius 3 is 1.85 bits per heavy atom. The van der Waals surface area contributed by atoms with Crippen molar-refractivity contribution in [3.8, 4) is 0 Å². The van der Waals surface area contributed by atoms with Crippen LogP contribution in [0.1, 0.15) is 26.7 Å². The lowest BCUT2D eigenvalue weighted by molar-refractivity contribution is -0.138. The van der Waals surface area contributed by atoms with Crippen molar-refractivity contribution in [1.82, 2.24) is 0 Å². The third-order valence-electron chi connectivity index (χ3n) is 3.18. The number of rotatable bonds is 4. The van der Waals surface area contributed by atoms with E-state index < -0.39 is 20.2 Å². The van der Waals surface area contributed by atoms with Gasteiger partial charge in [-0.3, -0.25) is 0 Å². The van der Waals surface area contributed by atoms with Crippen LogP contribution >= 0.6 is 0 Å². The molecule has 0 amide bonds. The standard InChI is InChI=1S/C12H20B2O6/c1-3-16-12(15)10(2)11(13-17-6-4-7-18-13)14-19-8-5-9-20-14/h3-9H2,1-2H3. The molecular formula is C12H20B2O6. The van der Waals surface area contributed by atoms with Gasteiger partial charge in [-0.1, -0.05) is 0 Å². The maximum absolute atomic E-state index is 12.0. The first-order valence-electron chi connectivity index (χ1n) is 7.08. The molecule has 8 heteroatoms. The molecule has 6 nitrogen and oxygen atoms in total. The lowest BCUT2D eigenvalue weighted by atomic mass is 9.54. The van der Waals surface area contributed by atoms with Crippen LogP contribution in [0.3, 0.4) is 0 Å². The minimum absolute atomic E-state index is 0.322. The summed E-state index contributed by atoms with van der Waals surface area (Å²) in [4.78, 5) is 12.0. The van der Waals surface area contributed by atoms with Crippen molar-refractivity contribution >= 4 is 20.2 Å². The Morgan fingerprint density at radius 2 is 1.45 bits per heavy atom. The molecule has 20 heavy (non-hydrogen) atoms. The summed E-state index contributed by atoms with van der Waals surface area (Å²) in [5.74, 6) is -0.391. The first-order chi connectivity index (χ1) is 9.74. The molecule has 0 atom stereocenters. The average Bonchev–Trinajstić information content (AvgIpc) is 2.50. The molecule has 0 radical (unpaired) electrons. The van der Waals surface area contributed by atoms with E-state index in [0.29, 0.717) is 44.0 Å². The van der Waals surface area contributed by atoms with Crippen LogP contribution in [-0.4, -0.2) is 53.2 Å². The molecule has 0 aliphatic carbocycles. The highest BCUT2D eigenvalue weighted by atomic mass is 16.6. The molecule has 0 N–H and O–H groups in total. The minimum atomic E-state index is -0.601. The minimum Gasteiger partial charge on any atom is -0.463 e. The first-order valence-corrected chi connectivity index (χ1v) is 7.08. The molecule has 2 heterocycles. The zero-order valence-electron chi connectivity index (χ0n) is 12.1. The molecule has 2 aliphatic rings. The van der Waals surface area contributed by atoms with Crippen LogP contribution in [0.2, 0.25) is 0 Å². The predicted molar refractivity (Wildman–Crippen MR) is 73.9 cm³/mol. The normalized spacial score (nSPS) is 19.7. The monoisotopic (exact) mass is 282 g/mol. The number of carbonyl (C=O) groups excluding carboxylic acids is 1. The number of esters is 1. The number of hydrogen-bond acceptors (Lipinski definition) is 6. The second-order valence-corrected chi connectivity index (χ2v) is 4.65. The van der Waals surface area contributed by atoms with Crippen LogP contribution in [0.5, 0.6) is 0 Å². The molecule has 0 aromatic rings. The van der Waals surface area contributed by atoms with Crippen molar-refractivity contribution in [1.29, 1.82) is 0 Å². The van der Waals surface area contributed by atoms with Gasteiger partial charge in [0.25, 0.3) is 0 Å². The molecule has 2 fully saturated rings. The molecule has 0 aromatic carbocycles. The maximum atomic E-state index is 12.0. The van der Waals surface area contributed by atoms with Gasteiger partial charge in [0, 0.05) is 37.4 Å². The van der Waals surface area contributed by atoms with Gasteiger partial charge in [0.15, 0.2) is 0 Å². The smallest absolute Gasteiger partial charge is 0.463 e. The van der Waals surface area contributed by atoms with Crippen molar-refractivity contribution in [3.63, 3.8) is 0 Å².